The lowest BCUT2D eigenvalue weighted by Gasteiger charge is -2.36. The molecule has 5 rings (SSSR count). The highest BCUT2D eigenvalue weighted by molar-refractivity contribution is 5.95. The largest absolute Gasteiger partial charge is 0.353 e. The Hall–Kier alpha value is -4.59. The molecule has 8 heteroatoms. The van der Waals surface area contributed by atoms with Crippen molar-refractivity contribution in [2.45, 2.75) is 20.3 Å². The summed E-state index contributed by atoms with van der Waals surface area (Å²) in [5.41, 5.74) is 5.56. The van der Waals surface area contributed by atoms with E-state index >= 15 is 0 Å². The van der Waals surface area contributed by atoms with Crippen molar-refractivity contribution >= 4 is 17.4 Å². The van der Waals surface area contributed by atoms with Gasteiger partial charge < -0.3 is 9.80 Å². The molecule has 0 N–H and O–H groups in total. The summed E-state index contributed by atoms with van der Waals surface area (Å²) in [6.45, 7) is 6.28. The summed E-state index contributed by atoms with van der Waals surface area (Å²) in [6.07, 6.45) is 0.711. The zero-order valence-electron chi connectivity index (χ0n) is 21.5. The van der Waals surface area contributed by atoms with Gasteiger partial charge in [0.25, 0.3) is 11.6 Å². The van der Waals surface area contributed by atoms with Gasteiger partial charge in [0.2, 0.25) is 0 Å². The van der Waals surface area contributed by atoms with Crippen LogP contribution < -0.4 is 4.90 Å². The van der Waals surface area contributed by atoms with Gasteiger partial charge in [0.15, 0.2) is 5.82 Å². The van der Waals surface area contributed by atoms with Gasteiger partial charge in [-0.15, -0.1) is 0 Å². The molecule has 1 aliphatic rings. The summed E-state index contributed by atoms with van der Waals surface area (Å²) in [5, 5.41) is 11.2. The van der Waals surface area contributed by atoms with Gasteiger partial charge in [0.05, 0.1) is 4.92 Å². The summed E-state index contributed by atoms with van der Waals surface area (Å²) in [5.74, 6) is 1.38. The first-order valence-corrected chi connectivity index (χ1v) is 12.7. The molecule has 1 fully saturated rings. The number of aryl methyl sites for hydroxylation is 2. The lowest BCUT2D eigenvalue weighted by molar-refractivity contribution is -0.384. The lowest BCUT2D eigenvalue weighted by Crippen LogP contribution is -2.49. The van der Waals surface area contributed by atoms with Crippen LogP contribution in [0.25, 0.3) is 11.4 Å². The minimum atomic E-state index is -0.480. The third-order valence-corrected chi connectivity index (χ3v) is 6.86. The Morgan fingerprint density at radius 2 is 1.63 bits per heavy atom. The van der Waals surface area contributed by atoms with Gasteiger partial charge in [-0.2, -0.15) is 0 Å². The van der Waals surface area contributed by atoms with Crippen LogP contribution in [0.5, 0.6) is 0 Å². The molecule has 1 amide bonds. The van der Waals surface area contributed by atoms with Crippen LogP contribution in [-0.4, -0.2) is 51.9 Å². The fraction of sp³-hybridized carbons (Fsp3) is 0.233. The molecular weight excluding hydrogens is 478 g/mol. The van der Waals surface area contributed by atoms with Crippen molar-refractivity contribution in [1.29, 1.82) is 0 Å². The first-order valence-electron chi connectivity index (χ1n) is 12.7. The predicted octanol–water partition coefficient (Wildman–Crippen LogP) is 5.22. The third-order valence-electron chi connectivity index (χ3n) is 6.86. The van der Waals surface area contributed by atoms with Crippen LogP contribution in [0, 0.1) is 24.0 Å². The van der Waals surface area contributed by atoms with Crippen molar-refractivity contribution in [3.8, 4) is 11.4 Å². The van der Waals surface area contributed by atoms with Gasteiger partial charge in [-0.05, 0) is 31.5 Å². The van der Waals surface area contributed by atoms with E-state index in [1.54, 1.807) is 17.0 Å². The number of nitro benzene ring substituents is 1. The number of anilines is 1. The van der Waals surface area contributed by atoms with Crippen molar-refractivity contribution in [1.82, 2.24) is 14.9 Å². The van der Waals surface area contributed by atoms with Crippen LogP contribution in [0.2, 0.25) is 0 Å². The molecule has 0 spiro atoms. The van der Waals surface area contributed by atoms with Gasteiger partial charge in [-0.1, -0.05) is 60.2 Å². The van der Waals surface area contributed by atoms with Gasteiger partial charge in [-0.3, -0.25) is 14.9 Å². The second-order valence-electron chi connectivity index (χ2n) is 9.55. The Kier molecular flexibility index (Phi) is 7.13. The summed E-state index contributed by atoms with van der Waals surface area (Å²) >= 11 is 0. The van der Waals surface area contributed by atoms with E-state index in [9.17, 15) is 14.9 Å². The number of carbonyl (C=O) groups is 1. The van der Waals surface area contributed by atoms with E-state index in [2.05, 4.69) is 36.1 Å². The number of rotatable bonds is 6. The molecule has 1 saturated heterocycles. The minimum absolute atomic E-state index is 0.0832. The molecule has 0 radical (unpaired) electrons. The summed E-state index contributed by atoms with van der Waals surface area (Å²) in [6, 6.07) is 24.4. The van der Waals surface area contributed by atoms with Crippen molar-refractivity contribution < 1.29 is 9.72 Å². The summed E-state index contributed by atoms with van der Waals surface area (Å²) in [7, 11) is 0. The molecule has 0 atom stereocenters. The first kappa shape index (κ1) is 25.1. The first-order chi connectivity index (χ1) is 18.4. The van der Waals surface area contributed by atoms with E-state index < -0.39 is 4.92 Å². The number of hydrogen-bond donors (Lipinski definition) is 0. The Morgan fingerprint density at radius 1 is 0.895 bits per heavy atom. The van der Waals surface area contributed by atoms with Crippen LogP contribution in [0.4, 0.5) is 11.5 Å². The Balaban J connectivity index is 1.43. The molecule has 0 aliphatic carbocycles. The number of nitro groups is 1. The van der Waals surface area contributed by atoms with E-state index in [1.807, 2.05) is 37.3 Å². The zero-order chi connectivity index (χ0) is 26.6. The molecule has 3 aromatic carbocycles. The Bertz CT molecular complexity index is 1480. The van der Waals surface area contributed by atoms with Crippen LogP contribution in [-0.2, 0) is 6.42 Å². The van der Waals surface area contributed by atoms with E-state index in [0.29, 0.717) is 44.0 Å². The zero-order valence-corrected chi connectivity index (χ0v) is 21.5. The van der Waals surface area contributed by atoms with Crippen LogP contribution in [0.1, 0.15) is 32.7 Å². The normalized spacial score (nSPS) is 13.4. The number of non-ortho nitro benzene ring substituents is 1. The second-order valence-corrected chi connectivity index (χ2v) is 9.55. The molecule has 38 heavy (non-hydrogen) atoms. The molecule has 2 heterocycles. The molecule has 8 nitrogen and oxygen atoms in total. The number of carbonyl (C=O) groups excluding carboxylic acids is 1. The molecule has 1 aromatic heterocycles. The molecule has 1 aliphatic heterocycles. The molecule has 192 valence electrons. The van der Waals surface area contributed by atoms with E-state index in [-0.39, 0.29) is 11.6 Å². The number of nitrogens with zero attached hydrogens (tertiary/aromatic N) is 5. The van der Waals surface area contributed by atoms with Crippen LogP contribution >= 0.6 is 0 Å². The SMILES string of the molecule is Cc1cccc(-c2nc(C)c(Cc3ccccc3)c(N3CCN(C(=O)c4cccc([N+](=O)[O-])c4)CC3)n2)c1. The predicted molar refractivity (Wildman–Crippen MR) is 147 cm³/mol. The molecule has 0 bridgehead atoms. The van der Waals surface area contributed by atoms with Gasteiger partial charge >= 0.3 is 0 Å². The number of piperazine rings is 1. The topological polar surface area (TPSA) is 92.5 Å². The average Bonchev–Trinajstić information content (AvgIpc) is 2.94. The summed E-state index contributed by atoms with van der Waals surface area (Å²) in [4.78, 5) is 37.7. The fourth-order valence-corrected chi connectivity index (χ4v) is 4.82. The maximum atomic E-state index is 13.1. The molecule has 4 aromatic rings. The molecule has 0 unspecified atom stereocenters. The standard InChI is InChI=1S/C30H29N5O3/c1-21-8-6-11-24(18-21)28-31-22(2)27(19-23-9-4-3-5-10-23)29(32-28)33-14-16-34(17-15-33)30(36)25-12-7-13-26(20-25)35(37)38/h3-13,18,20H,14-17,19H2,1-2H3. The highest BCUT2D eigenvalue weighted by Gasteiger charge is 2.26. The van der Waals surface area contributed by atoms with E-state index in [4.69, 9.17) is 9.97 Å². The monoisotopic (exact) mass is 507 g/mol. The molecule has 0 saturated carbocycles. The highest BCUT2D eigenvalue weighted by Crippen LogP contribution is 2.29. The van der Waals surface area contributed by atoms with Gasteiger partial charge in [0, 0.05) is 67.1 Å². The van der Waals surface area contributed by atoms with Crippen molar-refractivity contribution in [2.75, 3.05) is 31.1 Å². The number of hydrogen-bond acceptors (Lipinski definition) is 6. The minimum Gasteiger partial charge on any atom is -0.353 e. The quantitative estimate of drug-likeness (QED) is 0.262. The van der Waals surface area contributed by atoms with Crippen molar-refractivity contribution in [3.63, 3.8) is 0 Å². The summed E-state index contributed by atoms with van der Waals surface area (Å²) < 4.78 is 0. The maximum Gasteiger partial charge on any atom is 0.270 e. The maximum absolute atomic E-state index is 13.1. The number of benzene rings is 3. The van der Waals surface area contributed by atoms with Crippen molar-refractivity contribution in [3.05, 3.63) is 117 Å². The smallest absolute Gasteiger partial charge is 0.270 e. The van der Waals surface area contributed by atoms with E-state index in [1.165, 1.54) is 17.7 Å². The van der Waals surface area contributed by atoms with Gasteiger partial charge in [-0.25, -0.2) is 9.97 Å². The Labute approximate surface area is 221 Å². The second kappa shape index (κ2) is 10.8. The number of aromatic nitrogens is 2. The lowest BCUT2D eigenvalue weighted by atomic mass is 10.0. The molecular formula is C30H29N5O3. The highest BCUT2D eigenvalue weighted by atomic mass is 16.6. The third kappa shape index (κ3) is 5.39. The van der Waals surface area contributed by atoms with Crippen LogP contribution in [0.3, 0.4) is 0 Å². The van der Waals surface area contributed by atoms with Crippen molar-refractivity contribution in [2.24, 2.45) is 0 Å². The Morgan fingerprint density at radius 3 is 2.34 bits per heavy atom. The number of amides is 1. The average molecular weight is 508 g/mol. The van der Waals surface area contributed by atoms with Crippen LogP contribution in [0.15, 0.2) is 78.9 Å². The van der Waals surface area contributed by atoms with E-state index in [0.717, 1.165) is 28.2 Å². The fourth-order valence-electron chi connectivity index (χ4n) is 4.82. The van der Waals surface area contributed by atoms with Gasteiger partial charge in [0.1, 0.15) is 5.82 Å².